The minimum Gasteiger partial charge on any atom is -0.462 e. The predicted octanol–water partition coefficient (Wildman–Crippen LogP) is 2.13. The zero-order valence-electron chi connectivity index (χ0n) is 18.9. The summed E-state index contributed by atoms with van der Waals surface area (Å²) in [7, 11) is 1.58. The maximum Gasteiger partial charge on any atom is 0.340 e. The molecular formula is C22H29N3O7. The lowest BCUT2D eigenvalue weighted by molar-refractivity contribution is -0.147. The summed E-state index contributed by atoms with van der Waals surface area (Å²) in [4.78, 5) is 67.7. The lowest BCUT2D eigenvalue weighted by Crippen LogP contribution is -2.49. The molecule has 3 rings (SSSR count). The van der Waals surface area contributed by atoms with Crippen LogP contribution in [0.3, 0.4) is 0 Å². The van der Waals surface area contributed by atoms with Gasteiger partial charge in [-0.3, -0.25) is 19.3 Å². The first-order valence-corrected chi connectivity index (χ1v) is 10.8. The van der Waals surface area contributed by atoms with Crippen LogP contribution in [0.25, 0.3) is 0 Å². The van der Waals surface area contributed by atoms with Gasteiger partial charge in [0, 0.05) is 12.7 Å². The molecule has 0 bridgehead atoms. The van der Waals surface area contributed by atoms with Gasteiger partial charge in [0.1, 0.15) is 12.1 Å². The fourth-order valence-electron chi connectivity index (χ4n) is 4.60. The first-order chi connectivity index (χ1) is 15.1. The number of imide groups is 1. The van der Waals surface area contributed by atoms with Crippen LogP contribution >= 0.6 is 0 Å². The number of aromatic amines is 1. The van der Waals surface area contributed by atoms with Gasteiger partial charge in [-0.15, -0.1) is 0 Å². The third-order valence-corrected chi connectivity index (χ3v) is 6.33. The number of ketones is 1. The molecule has 2 fully saturated rings. The number of ether oxygens (including phenoxy) is 2. The van der Waals surface area contributed by atoms with Crippen molar-refractivity contribution in [1.82, 2.24) is 14.8 Å². The number of Topliss-reactive ketones (excluding diaryl/α,β-unsaturated/α-hetero) is 1. The summed E-state index contributed by atoms with van der Waals surface area (Å²) < 4.78 is 10.1. The van der Waals surface area contributed by atoms with Crippen LogP contribution in [0.4, 0.5) is 4.79 Å². The number of esters is 2. The van der Waals surface area contributed by atoms with Gasteiger partial charge in [0.2, 0.25) is 5.78 Å². The summed E-state index contributed by atoms with van der Waals surface area (Å²) in [6, 6.07) is -0.532. The summed E-state index contributed by atoms with van der Waals surface area (Å²) in [5.41, 5.74) is 0.425. The highest BCUT2D eigenvalue weighted by atomic mass is 16.5. The molecule has 1 aliphatic heterocycles. The highest BCUT2D eigenvalue weighted by molar-refractivity contribution is 6.09. The van der Waals surface area contributed by atoms with E-state index in [4.69, 9.17) is 9.47 Å². The minimum absolute atomic E-state index is 0.146. The second-order valence-electron chi connectivity index (χ2n) is 8.25. The van der Waals surface area contributed by atoms with Crippen LogP contribution < -0.4 is 0 Å². The monoisotopic (exact) mass is 447 g/mol. The van der Waals surface area contributed by atoms with Crippen LogP contribution in [-0.2, 0) is 19.1 Å². The van der Waals surface area contributed by atoms with E-state index in [1.165, 1.54) is 4.90 Å². The van der Waals surface area contributed by atoms with Crippen molar-refractivity contribution in [2.45, 2.75) is 58.4 Å². The van der Waals surface area contributed by atoms with Gasteiger partial charge in [-0.25, -0.2) is 9.59 Å². The summed E-state index contributed by atoms with van der Waals surface area (Å²) in [5, 5.41) is 0. The Hall–Kier alpha value is -3.17. The lowest BCUT2D eigenvalue weighted by Gasteiger charge is -2.35. The summed E-state index contributed by atoms with van der Waals surface area (Å²) in [5.74, 6) is -2.31. The highest BCUT2D eigenvalue weighted by Crippen LogP contribution is 2.39. The average Bonchev–Trinajstić information content (AvgIpc) is 3.15. The van der Waals surface area contributed by atoms with Crippen LogP contribution in [0.15, 0.2) is 0 Å². The topological polar surface area (TPSA) is 126 Å². The minimum atomic E-state index is -0.881. The molecule has 2 heterocycles. The van der Waals surface area contributed by atoms with Gasteiger partial charge in [0.05, 0.1) is 17.9 Å². The Morgan fingerprint density at radius 3 is 2.34 bits per heavy atom. The van der Waals surface area contributed by atoms with Crippen molar-refractivity contribution in [3.05, 3.63) is 22.5 Å². The number of carbonyl (C=O) groups excluding carboxylic acids is 5. The molecule has 1 aliphatic carbocycles. The van der Waals surface area contributed by atoms with Crippen molar-refractivity contribution in [3.63, 3.8) is 0 Å². The maximum atomic E-state index is 12.9. The van der Waals surface area contributed by atoms with E-state index in [0.29, 0.717) is 24.1 Å². The number of aryl methyl sites for hydroxylation is 1. The van der Waals surface area contributed by atoms with Gasteiger partial charge in [0.15, 0.2) is 6.61 Å². The Morgan fingerprint density at radius 2 is 1.72 bits per heavy atom. The van der Waals surface area contributed by atoms with Gasteiger partial charge < -0.3 is 19.4 Å². The van der Waals surface area contributed by atoms with E-state index in [0.717, 1.165) is 24.2 Å². The number of hydrogen-bond donors (Lipinski definition) is 1. The molecule has 0 aromatic carbocycles. The number of likely N-dealkylation sites (N-methyl/N-ethyl adjacent to an activating group) is 1. The van der Waals surface area contributed by atoms with Gasteiger partial charge in [-0.1, -0.05) is 19.3 Å². The Labute approximate surface area is 186 Å². The molecule has 1 saturated heterocycles. The van der Waals surface area contributed by atoms with Crippen molar-refractivity contribution in [2.24, 2.45) is 0 Å². The third kappa shape index (κ3) is 4.01. The van der Waals surface area contributed by atoms with Gasteiger partial charge >= 0.3 is 18.0 Å². The quantitative estimate of drug-likeness (QED) is 0.385. The lowest BCUT2D eigenvalue weighted by atomic mass is 9.81. The molecule has 10 nitrogen and oxygen atoms in total. The van der Waals surface area contributed by atoms with E-state index >= 15 is 0 Å². The molecule has 174 valence electrons. The fourth-order valence-corrected chi connectivity index (χ4v) is 4.60. The van der Waals surface area contributed by atoms with E-state index in [9.17, 15) is 24.0 Å². The average molecular weight is 447 g/mol. The molecule has 1 N–H and O–H groups in total. The normalized spacial score (nSPS) is 17.8. The molecule has 0 radical (unpaired) electrons. The summed E-state index contributed by atoms with van der Waals surface area (Å²) >= 11 is 0. The molecule has 0 unspecified atom stereocenters. The number of nitrogens with zero attached hydrogens (tertiary/aromatic N) is 2. The number of H-pyrrole nitrogens is 1. The molecule has 1 aromatic rings. The Morgan fingerprint density at radius 1 is 1.06 bits per heavy atom. The van der Waals surface area contributed by atoms with Crippen LogP contribution in [0.5, 0.6) is 0 Å². The number of hydrogen-bond acceptors (Lipinski definition) is 7. The molecule has 32 heavy (non-hydrogen) atoms. The predicted molar refractivity (Wildman–Crippen MR) is 112 cm³/mol. The second kappa shape index (κ2) is 9.13. The van der Waals surface area contributed by atoms with E-state index in [1.807, 2.05) is 0 Å². The molecular weight excluding hydrogens is 418 g/mol. The first kappa shape index (κ1) is 23.5. The van der Waals surface area contributed by atoms with E-state index in [-0.39, 0.29) is 23.8 Å². The maximum absolute atomic E-state index is 12.9. The number of nitrogens with one attached hydrogen (secondary N) is 1. The Bertz CT molecular complexity index is 959. The van der Waals surface area contributed by atoms with Crippen LogP contribution in [-0.4, -0.2) is 76.8 Å². The second-order valence-corrected chi connectivity index (χ2v) is 8.25. The smallest absolute Gasteiger partial charge is 0.340 e. The summed E-state index contributed by atoms with van der Waals surface area (Å²) in [6.07, 6.45) is 3.85. The fraction of sp³-hybridized carbons (Fsp3) is 0.591. The number of aromatic nitrogens is 1. The van der Waals surface area contributed by atoms with E-state index in [1.54, 1.807) is 27.8 Å². The number of urea groups is 1. The largest absolute Gasteiger partial charge is 0.462 e. The van der Waals surface area contributed by atoms with Gasteiger partial charge in [0.25, 0.3) is 5.91 Å². The van der Waals surface area contributed by atoms with Crippen molar-refractivity contribution in [2.75, 3.05) is 26.8 Å². The van der Waals surface area contributed by atoms with E-state index in [2.05, 4.69) is 4.98 Å². The molecule has 10 heteroatoms. The molecule has 1 aromatic heterocycles. The van der Waals surface area contributed by atoms with Gasteiger partial charge in [-0.2, -0.15) is 0 Å². The standard InChI is InChI=1S/C22H29N3O7/c1-5-31-19(28)17-13(2)18(23-14(17)3)15(26)12-32-16(27)11-25-20(29)22(24(4)21(25)30)9-7-6-8-10-22/h23H,5-12H2,1-4H3. The summed E-state index contributed by atoms with van der Waals surface area (Å²) in [6.45, 7) is 4.00. The number of carbonyl (C=O) groups is 5. The first-order valence-electron chi connectivity index (χ1n) is 10.8. The Balaban J connectivity index is 1.62. The Kier molecular flexibility index (Phi) is 6.71. The van der Waals surface area contributed by atoms with Crippen LogP contribution in [0.2, 0.25) is 0 Å². The molecule has 0 atom stereocenters. The molecule has 3 amide bonds. The SMILES string of the molecule is CCOC(=O)c1c(C)[nH]c(C(=O)COC(=O)CN2C(=O)N(C)C3(CCCCC3)C2=O)c1C. The number of rotatable bonds is 7. The van der Waals surface area contributed by atoms with Crippen molar-refractivity contribution >= 4 is 29.7 Å². The van der Waals surface area contributed by atoms with Crippen molar-refractivity contribution in [3.8, 4) is 0 Å². The highest BCUT2D eigenvalue weighted by Gasteiger charge is 2.56. The molecule has 1 saturated carbocycles. The zero-order valence-corrected chi connectivity index (χ0v) is 18.9. The molecule has 2 aliphatic rings. The van der Waals surface area contributed by atoms with Crippen molar-refractivity contribution in [1.29, 1.82) is 0 Å². The zero-order chi connectivity index (χ0) is 23.6. The van der Waals surface area contributed by atoms with E-state index < -0.39 is 42.4 Å². The van der Waals surface area contributed by atoms with Crippen LogP contribution in [0, 0.1) is 13.8 Å². The third-order valence-electron chi connectivity index (χ3n) is 6.33. The van der Waals surface area contributed by atoms with Crippen molar-refractivity contribution < 1.29 is 33.4 Å². The molecule has 1 spiro atoms. The van der Waals surface area contributed by atoms with Gasteiger partial charge in [-0.05, 0) is 39.2 Å². The number of amides is 3. The van der Waals surface area contributed by atoms with Crippen LogP contribution in [0.1, 0.15) is 71.1 Å².